The number of nitrogens with zero attached hydrogens (tertiary/aromatic N) is 2. The van der Waals surface area contributed by atoms with Crippen molar-refractivity contribution in [1.82, 2.24) is 4.90 Å². The Morgan fingerprint density at radius 3 is 2.56 bits per heavy atom. The van der Waals surface area contributed by atoms with E-state index in [2.05, 4.69) is 10.2 Å². The first-order valence-corrected chi connectivity index (χ1v) is 9.64. The Balaban J connectivity index is 1.95. The lowest BCUT2D eigenvalue weighted by molar-refractivity contribution is -0.385. The van der Waals surface area contributed by atoms with Gasteiger partial charge in [0.05, 0.1) is 22.8 Å². The van der Waals surface area contributed by atoms with Gasteiger partial charge in [-0.1, -0.05) is 0 Å². The zero-order chi connectivity index (χ0) is 18.6. The third kappa shape index (κ3) is 5.63. The predicted octanol–water partition coefficient (Wildman–Crippen LogP) is 1.15. The van der Waals surface area contributed by atoms with Gasteiger partial charge >= 0.3 is 0 Å². The minimum Gasteiger partial charge on any atom is -0.384 e. The molecule has 1 aliphatic heterocycles. The molecule has 0 saturated carbocycles. The Morgan fingerprint density at radius 2 is 2.00 bits per heavy atom. The maximum Gasteiger partial charge on any atom is 0.270 e. The molecule has 9 nitrogen and oxygen atoms in total. The van der Waals surface area contributed by atoms with Gasteiger partial charge in [0, 0.05) is 38.3 Å². The molecule has 1 heterocycles. The molecule has 25 heavy (non-hydrogen) atoms. The smallest absolute Gasteiger partial charge is 0.270 e. The molecule has 3 N–H and O–H groups in total. The number of primary sulfonamides is 1. The van der Waals surface area contributed by atoms with Crippen molar-refractivity contribution in [3.63, 3.8) is 0 Å². The van der Waals surface area contributed by atoms with Crippen molar-refractivity contribution in [2.45, 2.75) is 37.4 Å². The molecule has 1 aromatic rings. The molecule has 0 bridgehead atoms. The van der Waals surface area contributed by atoms with Crippen LogP contribution < -0.4 is 10.5 Å². The van der Waals surface area contributed by atoms with E-state index in [9.17, 15) is 18.5 Å². The van der Waals surface area contributed by atoms with E-state index in [0.29, 0.717) is 6.54 Å². The number of hydrogen-bond donors (Lipinski definition) is 2. The molecule has 0 spiro atoms. The summed E-state index contributed by atoms with van der Waals surface area (Å²) in [5, 5.41) is 19.0. The van der Waals surface area contributed by atoms with Crippen molar-refractivity contribution in [1.29, 1.82) is 0 Å². The van der Waals surface area contributed by atoms with E-state index in [1.54, 1.807) is 0 Å². The van der Waals surface area contributed by atoms with E-state index in [4.69, 9.17) is 9.88 Å². The van der Waals surface area contributed by atoms with Crippen LogP contribution in [0.3, 0.4) is 0 Å². The summed E-state index contributed by atoms with van der Waals surface area (Å²) < 4.78 is 29.0. The average Bonchev–Trinajstić information content (AvgIpc) is 2.49. The van der Waals surface area contributed by atoms with Crippen molar-refractivity contribution in [3.8, 4) is 0 Å². The lowest BCUT2D eigenvalue weighted by Gasteiger charge is -2.35. The molecular formula is C15H24N4O5S. The van der Waals surface area contributed by atoms with Crippen LogP contribution in [-0.2, 0) is 14.8 Å². The molecule has 140 valence electrons. The van der Waals surface area contributed by atoms with Crippen molar-refractivity contribution in [2.75, 3.05) is 31.5 Å². The van der Waals surface area contributed by atoms with Gasteiger partial charge in [0.25, 0.3) is 5.69 Å². The van der Waals surface area contributed by atoms with Crippen LogP contribution in [-0.4, -0.2) is 56.6 Å². The first-order valence-electron chi connectivity index (χ1n) is 8.09. The fourth-order valence-corrected chi connectivity index (χ4v) is 3.73. The monoisotopic (exact) mass is 372 g/mol. The van der Waals surface area contributed by atoms with Crippen molar-refractivity contribution in [3.05, 3.63) is 28.3 Å². The summed E-state index contributed by atoms with van der Waals surface area (Å²) >= 11 is 0. The van der Waals surface area contributed by atoms with E-state index in [1.165, 1.54) is 12.1 Å². The van der Waals surface area contributed by atoms with E-state index < -0.39 is 14.9 Å². The highest BCUT2D eigenvalue weighted by Crippen LogP contribution is 2.25. The highest BCUT2D eigenvalue weighted by Gasteiger charge is 2.22. The number of nitro benzene ring substituents is 1. The second kappa shape index (κ2) is 8.09. The second-order valence-electron chi connectivity index (χ2n) is 6.28. The van der Waals surface area contributed by atoms with Crippen LogP contribution >= 0.6 is 0 Å². The highest BCUT2D eigenvalue weighted by atomic mass is 32.2. The summed E-state index contributed by atoms with van der Waals surface area (Å²) in [5.41, 5.74) is -0.0392. The van der Waals surface area contributed by atoms with Crippen molar-refractivity contribution < 1.29 is 18.1 Å². The summed E-state index contributed by atoms with van der Waals surface area (Å²) in [6.45, 7) is 7.18. The molecule has 0 radical (unpaired) electrons. The van der Waals surface area contributed by atoms with Crippen LogP contribution in [0.4, 0.5) is 11.4 Å². The third-order valence-electron chi connectivity index (χ3n) is 3.94. The quantitative estimate of drug-likeness (QED) is 0.417. The number of non-ortho nitro benzene ring substituents is 1. The zero-order valence-electron chi connectivity index (χ0n) is 14.3. The molecular weight excluding hydrogens is 348 g/mol. The molecule has 1 aliphatic rings. The first kappa shape index (κ1) is 19.6. The van der Waals surface area contributed by atoms with Crippen LogP contribution in [0.1, 0.15) is 20.3 Å². The summed E-state index contributed by atoms with van der Waals surface area (Å²) in [6, 6.07) is 3.60. The summed E-state index contributed by atoms with van der Waals surface area (Å²) in [4.78, 5) is 12.2. The molecule has 2 rings (SSSR count). The molecule has 1 saturated heterocycles. The number of rotatable bonds is 7. The minimum absolute atomic E-state index is 0.195. The number of benzene rings is 1. The van der Waals surface area contributed by atoms with Gasteiger partial charge in [-0.2, -0.15) is 0 Å². The zero-order valence-corrected chi connectivity index (χ0v) is 15.2. The van der Waals surface area contributed by atoms with Crippen LogP contribution in [0, 0.1) is 10.1 Å². The van der Waals surface area contributed by atoms with E-state index in [-0.39, 0.29) is 28.5 Å². The molecule has 0 aromatic heterocycles. The summed E-state index contributed by atoms with van der Waals surface area (Å²) in [6.07, 6.45) is 1.18. The van der Waals surface area contributed by atoms with Crippen molar-refractivity contribution >= 4 is 21.4 Å². The molecule has 2 atom stereocenters. The maximum absolute atomic E-state index is 11.7. The number of hydrogen-bond acceptors (Lipinski definition) is 7. The van der Waals surface area contributed by atoms with Gasteiger partial charge in [0.2, 0.25) is 10.0 Å². The lowest BCUT2D eigenvalue weighted by atomic mass is 10.2. The Kier molecular flexibility index (Phi) is 6.33. The highest BCUT2D eigenvalue weighted by molar-refractivity contribution is 7.89. The Hall–Kier alpha value is -1.75. The minimum atomic E-state index is -4.06. The van der Waals surface area contributed by atoms with Gasteiger partial charge in [-0.15, -0.1) is 0 Å². The largest absolute Gasteiger partial charge is 0.384 e. The van der Waals surface area contributed by atoms with Crippen LogP contribution in [0.2, 0.25) is 0 Å². The van der Waals surface area contributed by atoms with Gasteiger partial charge in [0.15, 0.2) is 0 Å². The number of nitrogens with two attached hydrogens (primary N) is 1. The summed E-state index contributed by atoms with van der Waals surface area (Å²) in [7, 11) is -4.06. The Morgan fingerprint density at radius 1 is 1.36 bits per heavy atom. The number of anilines is 1. The normalized spacial score (nSPS) is 21.9. The van der Waals surface area contributed by atoms with Gasteiger partial charge in [-0.05, 0) is 26.3 Å². The SMILES string of the molecule is CC1CN(CCCNc2ccc([N+](=O)[O-])cc2S(N)(=O)=O)CC(C)O1. The average molecular weight is 372 g/mol. The number of nitrogens with one attached hydrogen (secondary N) is 1. The van der Waals surface area contributed by atoms with Gasteiger partial charge in [0.1, 0.15) is 4.90 Å². The molecule has 0 amide bonds. The number of ether oxygens (including phenoxy) is 1. The molecule has 1 aromatic carbocycles. The third-order valence-corrected chi connectivity index (χ3v) is 4.90. The number of morpholine rings is 1. The van der Waals surface area contributed by atoms with E-state index in [0.717, 1.165) is 32.1 Å². The number of sulfonamides is 1. The van der Waals surface area contributed by atoms with Crippen LogP contribution in [0.15, 0.2) is 23.1 Å². The van der Waals surface area contributed by atoms with Crippen molar-refractivity contribution in [2.24, 2.45) is 5.14 Å². The fraction of sp³-hybridized carbons (Fsp3) is 0.600. The first-order chi connectivity index (χ1) is 11.7. The van der Waals surface area contributed by atoms with Crippen LogP contribution in [0.5, 0.6) is 0 Å². The van der Waals surface area contributed by atoms with Gasteiger partial charge in [-0.25, -0.2) is 13.6 Å². The molecule has 1 fully saturated rings. The van der Waals surface area contributed by atoms with Crippen LogP contribution in [0.25, 0.3) is 0 Å². The second-order valence-corrected chi connectivity index (χ2v) is 7.81. The molecule has 10 heteroatoms. The Labute approximate surface area is 147 Å². The lowest BCUT2D eigenvalue weighted by Crippen LogP contribution is -2.45. The molecule has 0 aliphatic carbocycles. The van der Waals surface area contributed by atoms with E-state index >= 15 is 0 Å². The standard InChI is InChI=1S/C15H24N4O5S/c1-11-9-18(10-12(2)24-11)7-3-6-17-14-5-4-13(19(20)21)8-15(14)25(16,22)23/h4-5,8,11-12,17H,3,6-7,9-10H2,1-2H3,(H2,16,22,23). The maximum atomic E-state index is 11.7. The molecule has 2 unspecified atom stereocenters. The topological polar surface area (TPSA) is 128 Å². The Bertz CT molecular complexity index is 715. The fourth-order valence-electron chi connectivity index (χ4n) is 3.00. The van der Waals surface area contributed by atoms with Gasteiger partial charge < -0.3 is 10.1 Å². The number of nitro groups is 1. The predicted molar refractivity (Wildman–Crippen MR) is 94.0 cm³/mol. The summed E-state index contributed by atoms with van der Waals surface area (Å²) in [5.74, 6) is 0. The van der Waals surface area contributed by atoms with Gasteiger partial charge in [-0.3, -0.25) is 15.0 Å². The van der Waals surface area contributed by atoms with E-state index in [1.807, 2.05) is 13.8 Å².